The lowest BCUT2D eigenvalue weighted by Gasteiger charge is -2.18. The largest absolute Gasteiger partial charge is 0.350 e. The Morgan fingerprint density at radius 3 is 2.43 bits per heavy atom. The van der Waals surface area contributed by atoms with Crippen LogP contribution in [0.25, 0.3) is 33.6 Å². The van der Waals surface area contributed by atoms with Gasteiger partial charge in [-0.3, -0.25) is 9.36 Å². The summed E-state index contributed by atoms with van der Waals surface area (Å²) in [7, 11) is 8.22. The first-order valence-corrected chi connectivity index (χ1v) is 12.7. The van der Waals surface area contributed by atoms with E-state index in [0.29, 0.717) is 6.42 Å². The maximum atomic E-state index is 5.11. The Labute approximate surface area is 217 Å². The molecule has 0 fully saturated rings. The summed E-state index contributed by atoms with van der Waals surface area (Å²) in [5.74, 6) is 0.811. The van der Waals surface area contributed by atoms with Crippen molar-refractivity contribution in [3.8, 4) is 33.6 Å². The highest BCUT2D eigenvalue weighted by atomic mass is 15.3. The second-order valence-corrected chi connectivity index (χ2v) is 10.2. The molecule has 6 rings (SSSR count). The van der Waals surface area contributed by atoms with Crippen LogP contribution in [0, 0.1) is 0 Å². The van der Waals surface area contributed by atoms with Crippen LogP contribution >= 0.6 is 0 Å². The van der Waals surface area contributed by atoms with Crippen LogP contribution in [0.4, 0.5) is 0 Å². The highest BCUT2D eigenvalue weighted by Gasteiger charge is 2.25. The Kier molecular flexibility index (Phi) is 5.96. The molecule has 0 aliphatic heterocycles. The highest BCUT2D eigenvalue weighted by Crippen LogP contribution is 2.41. The summed E-state index contributed by atoms with van der Waals surface area (Å²) < 4.78 is 6.07. The van der Waals surface area contributed by atoms with Crippen molar-refractivity contribution in [3.63, 3.8) is 0 Å². The monoisotopic (exact) mass is 492 g/mol. The molecule has 0 N–H and O–H groups in total. The summed E-state index contributed by atoms with van der Waals surface area (Å²) >= 11 is 0. The zero-order chi connectivity index (χ0) is 25.5. The van der Waals surface area contributed by atoms with E-state index in [2.05, 4.69) is 72.2 Å². The van der Waals surface area contributed by atoms with Crippen molar-refractivity contribution < 1.29 is 0 Å². The fourth-order valence-corrected chi connectivity index (χ4v) is 5.17. The van der Waals surface area contributed by atoms with Crippen LogP contribution in [0.5, 0.6) is 0 Å². The quantitative estimate of drug-likeness (QED) is 0.344. The Hall–Kier alpha value is -4.04. The van der Waals surface area contributed by atoms with Gasteiger partial charge in [0.25, 0.3) is 0 Å². The van der Waals surface area contributed by atoms with Gasteiger partial charge in [-0.1, -0.05) is 24.3 Å². The first-order chi connectivity index (χ1) is 17.9. The molecule has 0 atom stereocenters. The molecule has 0 bridgehead atoms. The number of rotatable bonds is 7. The molecule has 5 aromatic rings. The Balaban J connectivity index is 1.32. The van der Waals surface area contributed by atoms with Crippen molar-refractivity contribution in [1.82, 2.24) is 39.0 Å². The number of fused-ring (bicyclic) bond motifs is 3. The van der Waals surface area contributed by atoms with E-state index in [1.165, 1.54) is 27.9 Å². The SMILES string of the molecule is CN(C)CCn1ccc(Cc2ncc3c(n2)-c2c(cn(C)c2-c2ccc(-c4cnn(C)c4)cc2)CC3)n1. The number of benzene rings is 1. The summed E-state index contributed by atoms with van der Waals surface area (Å²) in [5.41, 5.74) is 10.5. The number of aromatic nitrogens is 7. The molecule has 4 heterocycles. The third-order valence-electron chi connectivity index (χ3n) is 7.08. The Morgan fingerprint density at radius 2 is 1.68 bits per heavy atom. The van der Waals surface area contributed by atoms with Crippen LogP contribution in [-0.2, 0) is 39.9 Å². The van der Waals surface area contributed by atoms with E-state index < -0.39 is 0 Å². The number of nitrogens with zero attached hydrogens (tertiary/aromatic N) is 8. The number of hydrogen-bond acceptors (Lipinski definition) is 5. The van der Waals surface area contributed by atoms with E-state index in [9.17, 15) is 0 Å². The molecule has 188 valence electrons. The minimum absolute atomic E-state index is 0.625. The van der Waals surface area contributed by atoms with Crippen molar-refractivity contribution in [1.29, 1.82) is 0 Å². The van der Waals surface area contributed by atoms with Gasteiger partial charge in [0.2, 0.25) is 0 Å². The Bertz CT molecular complexity index is 1550. The van der Waals surface area contributed by atoms with E-state index >= 15 is 0 Å². The molecule has 0 radical (unpaired) electrons. The van der Waals surface area contributed by atoms with Gasteiger partial charge < -0.3 is 9.47 Å². The normalized spacial score (nSPS) is 12.7. The summed E-state index contributed by atoms with van der Waals surface area (Å²) in [4.78, 5) is 12.0. The molecule has 0 unspecified atom stereocenters. The zero-order valence-electron chi connectivity index (χ0n) is 21.9. The minimum atomic E-state index is 0.625. The first-order valence-electron chi connectivity index (χ1n) is 12.7. The molecule has 0 saturated carbocycles. The predicted molar refractivity (Wildman–Crippen MR) is 145 cm³/mol. The number of aryl methyl sites for hydroxylation is 4. The van der Waals surface area contributed by atoms with E-state index in [4.69, 9.17) is 15.1 Å². The standard InChI is InChI=1S/C29H32N8/c1-34(2)13-14-37-12-11-25(33-37)15-26-30-16-22-9-10-23-18-35(3)29(27(23)28(22)32-26)21-7-5-20(6-8-21)24-17-31-36(4)19-24/h5-8,11-12,16-19H,9-10,13-15H2,1-4H3. The lowest BCUT2D eigenvalue weighted by Crippen LogP contribution is -2.18. The van der Waals surface area contributed by atoms with Crippen LogP contribution in [0.2, 0.25) is 0 Å². The molecule has 4 aromatic heterocycles. The summed E-state index contributed by atoms with van der Waals surface area (Å²) in [6.07, 6.45) is 12.9. The minimum Gasteiger partial charge on any atom is -0.350 e. The maximum Gasteiger partial charge on any atom is 0.134 e. The fourth-order valence-electron chi connectivity index (χ4n) is 5.17. The maximum absolute atomic E-state index is 5.11. The molecular formula is C29H32N8. The molecule has 8 nitrogen and oxygen atoms in total. The van der Waals surface area contributed by atoms with Crippen LogP contribution in [0.3, 0.4) is 0 Å². The molecule has 0 amide bonds. The number of likely N-dealkylation sites (N-methyl/N-ethyl adjacent to an activating group) is 1. The second kappa shape index (κ2) is 9.44. The Morgan fingerprint density at radius 1 is 0.892 bits per heavy atom. The topological polar surface area (TPSA) is 69.6 Å². The van der Waals surface area contributed by atoms with Crippen molar-refractivity contribution in [2.24, 2.45) is 14.1 Å². The van der Waals surface area contributed by atoms with Gasteiger partial charge in [0.05, 0.1) is 36.2 Å². The van der Waals surface area contributed by atoms with Gasteiger partial charge >= 0.3 is 0 Å². The lowest BCUT2D eigenvalue weighted by atomic mass is 9.89. The fraction of sp³-hybridized carbons (Fsp3) is 0.310. The van der Waals surface area contributed by atoms with Gasteiger partial charge in [-0.25, -0.2) is 9.97 Å². The zero-order valence-corrected chi connectivity index (χ0v) is 21.9. The van der Waals surface area contributed by atoms with E-state index in [1.807, 2.05) is 41.2 Å². The second-order valence-electron chi connectivity index (χ2n) is 10.2. The van der Waals surface area contributed by atoms with Gasteiger partial charge in [-0.2, -0.15) is 10.2 Å². The molecule has 1 aromatic carbocycles. The van der Waals surface area contributed by atoms with Crippen molar-refractivity contribution in [2.75, 3.05) is 20.6 Å². The summed E-state index contributed by atoms with van der Waals surface area (Å²) in [6, 6.07) is 10.8. The molecule has 0 spiro atoms. The molecule has 1 aliphatic carbocycles. The number of hydrogen-bond donors (Lipinski definition) is 0. The third kappa shape index (κ3) is 4.60. The molecule has 0 saturated heterocycles. The molecule has 1 aliphatic rings. The van der Waals surface area contributed by atoms with Gasteiger partial charge in [-0.15, -0.1) is 0 Å². The average Bonchev–Trinajstić information content (AvgIpc) is 3.61. The summed E-state index contributed by atoms with van der Waals surface area (Å²) in [6.45, 7) is 1.83. The predicted octanol–water partition coefficient (Wildman–Crippen LogP) is 4.00. The van der Waals surface area contributed by atoms with Gasteiger partial charge in [0.1, 0.15) is 5.82 Å². The van der Waals surface area contributed by atoms with E-state index in [1.54, 1.807) is 0 Å². The van der Waals surface area contributed by atoms with Crippen molar-refractivity contribution in [3.05, 3.63) is 84.0 Å². The van der Waals surface area contributed by atoms with Gasteiger partial charge in [-0.05, 0) is 55.3 Å². The van der Waals surface area contributed by atoms with Gasteiger partial charge in [0, 0.05) is 56.6 Å². The van der Waals surface area contributed by atoms with Gasteiger partial charge in [0.15, 0.2) is 0 Å². The highest BCUT2D eigenvalue weighted by molar-refractivity contribution is 5.86. The van der Waals surface area contributed by atoms with Crippen molar-refractivity contribution in [2.45, 2.75) is 25.8 Å². The van der Waals surface area contributed by atoms with Crippen molar-refractivity contribution >= 4 is 0 Å². The smallest absolute Gasteiger partial charge is 0.134 e. The van der Waals surface area contributed by atoms with Crippen LogP contribution in [0.1, 0.15) is 22.6 Å². The average molecular weight is 493 g/mol. The first kappa shape index (κ1) is 23.4. The van der Waals surface area contributed by atoms with Crippen LogP contribution in [0.15, 0.2) is 61.3 Å². The van der Waals surface area contributed by atoms with Crippen LogP contribution < -0.4 is 0 Å². The lowest BCUT2D eigenvalue weighted by molar-refractivity contribution is 0.372. The van der Waals surface area contributed by atoms with E-state index in [-0.39, 0.29) is 0 Å². The van der Waals surface area contributed by atoms with E-state index in [0.717, 1.165) is 54.3 Å². The third-order valence-corrected chi connectivity index (χ3v) is 7.08. The molecule has 37 heavy (non-hydrogen) atoms. The molecule has 8 heteroatoms. The molecular weight excluding hydrogens is 460 g/mol. The van der Waals surface area contributed by atoms with Crippen LogP contribution in [-0.4, -0.2) is 59.6 Å². The summed E-state index contributed by atoms with van der Waals surface area (Å²) in [5, 5.41) is 9.05.